The van der Waals surface area contributed by atoms with E-state index in [0.29, 0.717) is 6.54 Å². The van der Waals surface area contributed by atoms with Crippen LogP contribution in [0.25, 0.3) is 0 Å². The maximum atomic E-state index is 11.7. The molecule has 2 unspecified atom stereocenters. The summed E-state index contributed by atoms with van der Waals surface area (Å²) >= 11 is 0. The summed E-state index contributed by atoms with van der Waals surface area (Å²) in [5.41, 5.74) is -0.108. The van der Waals surface area contributed by atoms with Crippen molar-refractivity contribution in [3.05, 3.63) is 0 Å². The van der Waals surface area contributed by atoms with Crippen molar-refractivity contribution in [2.45, 2.75) is 46.3 Å². The standard InChI is InChI=1S/C12H24N2O2/c1-5-14(6-2)11(16)8-13-9-7-10(15)12(9,3)4/h9-10,13,15H,5-8H2,1-4H3. The van der Waals surface area contributed by atoms with E-state index in [1.54, 1.807) is 0 Å². The first-order chi connectivity index (χ1) is 7.43. The Labute approximate surface area is 98.0 Å². The van der Waals surface area contributed by atoms with Crippen LogP contribution in [-0.2, 0) is 4.79 Å². The second kappa shape index (κ2) is 5.15. The lowest BCUT2D eigenvalue weighted by molar-refractivity contribution is -0.131. The molecule has 94 valence electrons. The molecule has 1 saturated carbocycles. The van der Waals surface area contributed by atoms with Crippen molar-refractivity contribution in [2.24, 2.45) is 5.41 Å². The van der Waals surface area contributed by atoms with E-state index in [-0.39, 0.29) is 23.5 Å². The van der Waals surface area contributed by atoms with Gasteiger partial charge in [-0.3, -0.25) is 4.79 Å². The number of nitrogens with one attached hydrogen (secondary N) is 1. The van der Waals surface area contributed by atoms with Crippen molar-refractivity contribution in [3.63, 3.8) is 0 Å². The van der Waals surface area contributed by atoms with Gasteiger partial charge in [0, 0.05) is 24.5 Å². The molecule has 0 aromatic carbocycles. The fourth-order valence-electron chi connectivity index (χ4n) is 2.15. The number of aliphatic hydroxyl groups excluding tert-OH is 1. The summed E-state index contributed by atoms with van der Waals surface area (Å²) < 4.78 is 0. The molecule has 4 nitrogen and oxygen atoms in total. The van der Waals surface area contributed by atoms with Gasteiger partial charge in [-0.25, -0.2) is 0 Å². The minimum atomic E-state index is -0.242. The van der Waals surface area contributed by atoms with Crippen molar-refractivity contribution in [1.82, 2.24) is 10.2 Å². The molecule has 4 heteroatoms. The topological polar surface area (TPSA) is 52.6 Å². The number of amides is 1. The molecule has 1 fully saturated rings. The van der Waals surface area contributed by atoms with E-state index in [1.165, 1.54) is 0 Å². The average molecular weight is 228 g/mol. The lowest BCUT2D eigenvalue weighted by Crippen LogP contribution is -2.61. The first-order valence-corrected chi connectivity index (χ1v) is 6.12. The highest BCUT2D eigenvalue weighted by molar-refractivity contribution is 5.78. The molecule has 0 saturated heterocycles. The van der Waals surface area contributed by atoms with Crippen LogP contribution in [0.15, 0.2) is 0 Å². The number of rotatable bonds is 5. The quantitative estimate of drug-likeness (QED) is 0.724. The molecule has 1 rings (SSSR count). The number of hydrogen-bond donors (Lipinski definition) is 2. The van der Waals surface area contributed by atoms with Gasteiger partial charge in [-0.15, -0.1) is 0 Å². The molecule has 0 aliphatic heterocycles. The Morgan fingerprint density at radius 3 is 2.38 bits per heavy atom. The highest BCUT2D eigenvalue weighted by atomic mass is 16.3. The molecule has 16 heavy (non-hydrogen) atoms. The lowest BCUT2D eigenvalue weighted by Gasteiger charge is -2.49. The Kier molecular flexibility index (Phi) is 4.33. The second-order valence-corrected chi connectivity index (χ2v) is 5.07. The zero-order valence-electron chi connectivity index (χ0n) is 10.8. The van der Waals surface area contributed by atoms with Crippen LogP contribution in [0.5, 0.6) is 0 Å². The highest BCUT2D eigenvalue weighted by Gasteiger charge is 2.47. The molecule has 2 atom stereocenters. The van der Waals surface area contributed by atoms with Crippen LogP contribution < -0.4 is 5.32 Å². The average Bonchev–Trinajstić information content (AvgIpc) is 2.25. The maximum absolute atomic E-state index is 11.7. The Bertz CT molecular complexity index is 249. The summed E-state index contributed by atoms with van der Waals surface area (Å²) in [5.74, 6) is 0.141. The van der Waals surface area contributed by atoms with Gasteiger partial charge in [0.2, 0.25) is 5.91 Å². The van der Waals surface area contributed by atoms with Gasteiger partial charge in [-0.2, -0.15) is 0 Å². The van der Waals surface area contributed by atoms with E-state index in [1.807, 2.05) is 32.6 Å². The predicted octanol–water partition coefficient (Wildman–Crippen LogP) is 0.604. The molecule has 1 amide bonds. The van der Waals surface area contributed by atoms with Crippen LogP contribution in [0.4, 0.5) is 0 Å². The number of carbonyl (C=O) groups excluding carboxylic acids is 1. The lowest BCUT2D eigenvalue weighted by atomic mass is 9.64. The van der Waals surface area contributed by atoms with Gasteiger partial charge in [-0.1, -0.05) is 13.8 Å². The summed E-state index contributed by atoms with van der Waals surface area (Å²) in [4.78, 5) is 13.6. The van der Waals surface area contributed by atoms with Crippen molar-refractivity contribution in [3.8, 4) is 0 Å². The normalized spacial score (nSPS) is 27.3. The molecule has 1 aliphatic carbocycles. The van der Waals surface area contributed by atoms with Crippen LogP contribution in [0.1, 0.15) is 34.1 Å². The molecule has 0 aromatic rings. The number of carbonyl (C=O) groups is 1. The summed E-state index contributed by atoms with van der Waals surface area (Å²) in [6.45, 7) is 9.92. The van der Waals surface area contributed by atoms with Crippen molar-refractivity contribution >= 4 is 5.91 Å². The smallest absolute Gasteiger partial charge is 0.236 e. The van der Waals surface area contributed by atoms with Crippen molar-refractivity contribution in [2.75, 3.05) is 19.6 Å². The van der Waals surface area contributed by atoms with Crippen LogP contribution in [0.3, 0.4) is 0 Å². The third kappa shape index (κ3) is 2.55. The minimum absolute atomic E-state index is 0.108. The zero-order valence-corrected chi connectivity index (χ0v) is 10.8. The number of likely N-dealkylation sites (N-methyl/N-ethyl adjacent to an activating group) is 1. The molecular weight excluding hydrogens is 204 g/mol. The van der Waals surface area contributed by atoms with Crippen LogP contribution in [0, 0.1) is 5.41 Å². The summed E-state index contributed by atoms with van der Waals surface area (Å²) in [7, 11) is 0. The van der Waals surface area contributed by atoms with E-state index >= 15 is 0 Å². The van der Waals surface area contributed by atoms with E-state index in [0.717, 1.165) is 19.5 Å². The van der Waals surface area contributed by atoms with Crippen LogP contribution in [-0.4, -0.2) is 47.7 Å². The van der Waals surface area contributed by atoms with E-state index in [2.05, 4.69) is 5.32 Å². The highest BCUT2D eigenvalue weighted by Crippen LogP contribution is 2.40. The Morgan fingerprint density at radius 2 is 2.00 bits per heavy atom. The Balaban J connectivity index is 2.33. The van der Waals surface area contributed by atoms with Gasteiger partial charge < -0.3 is 15.3 Å². The van der Waals surface area contributed by atoms with Gasteiger partial charge >= 0.3 is 0 Å². The SMILES string of the molecule is CCN(CC)C(=O)CNC1CC(O)C1(C)C. The summed E-state index contributed by atoms with van der Waals surface area (Å²) in [6.07, 6.45) is 0.506. The fourth-order valence-corrected chi connectivity index (χ4v) is 2.15. The molecule has 2 N–H and O–H groups in total. The Hall–Kier alpha value is -0.610. The Morgan fingerprint density at radius 1 is 1.44 bits per heavy atom. The zero-order chi connectivity index (χ0) is 12.3. The summed E-state index contributed by atoms with van der Waals surface area (Å²) in [5, 5.41) is 12.8. The van der Waals surface area contributed by atoms with Crippen molar-refractivity contribution < 1.29 is 9.90 Å². The van der Waals surface area contributed by atoms with E-state index < -0.39 is 0 Å². The number of aliphatic hydroxyl groups is 1. The maximum Gasteiger partial charge on any atom is 0.236 e. The molecule has 1 aliphatic rings. The van der Waals surface area contributed by atoms with Gasteiger partial charge in [-0.05, 0) is 20.3 Å². The monoisotopic (exact) mass is 228 g/mol. The number of nitrogens with zero attached hydrogens (tertiary/aromatic N) is 1. The van der Waals surface area contributed by atoms with Gasteiger partial charge in [0.1, 0.15) is 0 Å². The third-order valence-corrected chi connectivity index (χ3v) is 3.83. The first kappa shape index (κ1) is 13.5. The second-order valence-electron chi connectivity index (χ2n) is 5.07. The molecule has 0 aromatic heterocycles. The molecule has 0 spiro atoms. The van der Waals surface area contributed by atoms with Gasteiger partial charge in [0.15, 0.2) is 0 Å². The van der Waals surface area contributed by atoms with Crippen LogP contribution >= 0.6 is 0 Å². The largest absolute Gasteiger partial charge is 0.392 e. The minimum Gasteiger partial charge on any atom is -0.392 e. The third-order valence-electron chi connectivity index (χ3n) is 3.83. The predicted molar refractivity (Wildman–Crippen MR) is 64.1 cm³/mol. The molecular formula is C12H24N2O2. The first-order valence-electron chi connectivity index (χ1n) is 6.12. The number of hydrogen-bond acceptors (Lipinski definition) is 3. The molecule has 0 bridgehead atoms. The molecule has 0 radical (unpaired) electrons. The van der Waals surface area contributed by atoms with E-state index in [4.69, 9.17) is 0 Å². The van der Waals surface area contributed by atoms with Gasteiger partial charge in [0.05, 0.1) is 12.6 Å². The van der Waals surface area contributed by atoms with E-state index in [9.17, 15) is 9.90 Å². The van der Waals surface area contributed by atoms with Crippen molar-refractivity contribution in [1.29, 1.82) is 0 Å². The van der Waals surface area contributed by atoms with Gasteiger partial charge in [0.25, 0.3) is 0 Å². The van der Waals surface area contributed by atoms with Crippen LogP contribution in [0.2, 0.25) is 0 Å². The molecule has 0 heterocycles. The fraction of sp³-hybridized carbons (Fsp3) is 0.917. The summed E-state index contributed by atoms with van der Waals surface area (Å²) in [6, 6.07) is 0.252.